The summed E-state index contributed by atoms with van der Waals surface area (Å²) in [6.45, 7) is -0.544. The van der Waals surface area contributed by atoms with Crippen LogP contribution in [-0.2, 0) is 16.1 Å². The number of likely N-dealkylation sites (N-methyl/N-ethyl adjacent to an activating group) is 1. The van der Waals surface area contributed by atoms with Crippen molar-refractivity contribution in [1.82, 2.24) is 4.90 Å². The molecule has 6 nitrogen and oxygen atoms in total. The second-order valence-electron chi connectivity index (χ2n) is 5.90. The Morgan fingerprint density at radius 1 is 1.11 bits per heavy atom. The van der Waals surface area contributed by atoms with E-state index in [9.17, 15) is 18.8 Å². The lowest BCUT2D eigenvalue weighted by Gasteiger charge is -2.17. The fraction of sp³-hybridized carbons (Fsp3) is 0.150. The van der Waals surface area contributed by atoms with Crippen LogP contribution in [0.3, 0.4) is 0 Å². The van der Waals surface area contributed by atoms with E-state index in [0.717, 1.165) is 0 Å². The summed E-state index contributed by atoms with van der Waals surface area (Å²) in [6.07, 6.45) is 0. The third-order valence-corrected chi connectivity index (χ3v) is 3.98. The van der Waals surface area contributed by atoms with Gasteiger partial charge >= 0.3 is 11.6 Å². The number of halogens is 1. The number of para-hydroxylation sites is 1. The largest absolute Gasteiger partial charge is 0.452 e. The van der Waals surface area contributed by atoms with E-state index in [0.29, 0.717) is 16.5 Å². The third-order valence-electron chi connectivity index (χ3n) is 3.98. The van der Waals surface area contributed by atoms with Crippen molar-refractivity contribution in [3.05, 3.63) is 82.0 Å². The summed E-state index contributed by atoms with van der Waals surface area (Å²) in [5.74, 6) is -1.91. The molecule has 0 unspecified atom stereocenters. The Hall–Kier alpha value is -3.48. The molecule has 3 rings (SSSR count). The quantitative estimate of drug-likeness (QED) is 0.511. The lowest BCUT2D eigenvalue weighted by Crippen LogP contribution is -2.31. The van der Waals surface area contributed by atoms with Gasteiger partial charge < -0.3 is 14.1 Å². The summed E-state index contributed by atoms with van der Waals surface area (Å²) in [6, 6.07) is 14.2. The number of carbonyl (C=O) groups excluding carboxylic acids is 2. The molecule has 1 amide bonds. The number of amides is 1. The second-order valence-corrected chi connectivity index (χ2v) is 5.90. The normalized spacial score (nSPS) is 10.6. The highest BCUT2D eigenvalue weighted by atomic mass is 19.1. The molecule has 0 spiro atoms. The molecular weight excluding hydrogens is 353 g/mol. The molecule has 0 radical (unpaired) electrons. The number of carbonyl (C=O) groups is 2. The van der Waals surface area contributed by atoms with Gasteiger partial charge in [0.2, 0.25) is 0 Å². The fourth-order valence-corrected chi connectivity index (χ4v) is 2.49. The topological polar surface area (TPSA) is 76.8 Å². The van der Waals surface area contributed by atoms with Crippen molar-refractivity contribution in [2.24, 2.45) is 0 Å². The van der Waals surface area contributed by atoms with Gasteiger partial charge in [-0.3, -0.25) is 4.79 Å². The molecule has 27 heavy (non-hydrogen) atoms. The van der Waals surface area contributed by atoms with E-state index in [1.165, 1.54) is 24.1 Å². The van der Waals surface area contributed by atoms with Crippen LogP contribution in [-0.4, -0.2) is 30.4 Å². The Labute approximate surface area is 153 Å². The number of rotatable bonds is 5. The maximum Gasteiger partial charge on any atom is 0.351 e. The van der Waals surface area contributed by atoms with Gasteiger partial charge in [-0.25, -0.2) is 14.0 Å². The van der Waals surface area contributed by atoms with Crippen molar-refractivity contribution < 1.29 is 23.1 Å². The maximum atomic E-state index is 13.7. The molecule has 0 bridgehead atoms. The molecular formula is C20H16FNO5. The predicted molar refractivity (Wildman–Crippen MR) is 95.6 cm³/mol. The van der Waals surface area contributed by atoms with Crippen LogP contribution in [0.15, 0.2) is 63.8 Å². The molecule has 0 saturated heterocycles. The summed E-state index contributed by atoms with van der Waals surface area (Å²) in [4.78, 5) is 37.4. The zero-order valence-corrected chi connectivity index (χ0v) is 14.5. The van der Waals surface area contributed by atoms with Gasteiger partial charge in [0, 0.05) is 24.5 Å². The standard InChI is InChI=1S/C20H16FNO5/c1-22(11-14-7-2-4-8-16(14)21)18(23)12-26-19(24)15-10-13-6-3-5-9-17(13)27-20(15)25/h2-10H,11-12H2,1H3. The van der Waals surface area contributed by atoms with E-state index in [1.54, 1.807) is 42.5 Å². The van der Waals surface area contributed by atoms with Gasteiger partial charge in [-0.05, 0) is 18.2 Å². The number of nitrogens with zero attached hydrogens (tertiary/aromatic N) is 1. The van der Waals surface area contributed by atoms with Crippen LogP contribution >= 0.6 is 0 Å². The van der Waals surface area contributed by atoms with Crippen LogP contribution in [0.1, 0.15) is 15.9 Å². The van der Waals surface area contributed by atoms with Crippen LogP contribution in [0.5, 0.6) is 0 Å². The van der Waals surface area contributed by atoms with Crippen molar-refractivity contribution >= 4 is 22.8 Å². The van der Waals surface area contributed by atoms with E-state index in [1.807, 2.05) is 0 Å². The summed E-state index contributed by atoms with van der Waals surface area (Å²) < 4.78 is 23.6. The number of fused-ring (bicyclic) bond motifs is 1. The smallest absolute Gasteiger partial charge is 0.351 e. The highest BCUT2D eigenvalue weighted by Crippen LogP contribution is 2.13. The number of esters is 1. The monoisotopic (exact) mass is 369 g/mol. The molecule has 1 aromatic heterocycles. The van der Waals surface area contributed by atoms with Crippen molar-refractivity contribution in [1.29, 1.82) is 0 Å². The van der Waals surface area contributed by atoms with E-state index in [-0.39, 0.29) is 12.1 Å². The molecule has 0 atom stereocenters. The SMILES string of the molecule is CN(Cc1ccccc1F)C(=O)COC(=O)c1cc2ccccc2oc1=O. The first-order valence-electron chi connectivity index (χ1n) is 8.13. The van der Waals surface area contributed by atoms with Gasteiger partial charge in [-0.15, -0.1) is 0 Å². The van der Waals surface area contributed by atoms with Crippen LogP contribution < -0.4 is 5.63 Å². The van der Waals surface area contributed by atoms with Crippen molar-refractivity contribution in [3.8, 4) is 0 Å². The van der Waals surface area contributed by atoms with E-state index in [2.05, 4.69) is 0 Å². The first kappa shape index (κ1) is 18.3. The minimum Gasteiger partial charge on any atom is -0.452 e. The predicted octanol–water partition coefficient (Wildman–Crippen LogP) is 2.75. The molecule has 0 aliphatic heterocycles. The summed E-state index contributed by atoms with van der Waals surface area (Å²) in [5, 5.41) is 0.562. The van der Waals surface area contributed by atoms with Crippen molar-refractivity contribution in [2.75, 3.05) is 13.7 Å². The molecule has 7 heteroatoms. The Morgan fingerprint density at radius 2 is 1.81 bits per heavy atom. The van der Waals surface area contributed by atoms with Gasteiger partial charge in [0.1, 0.15) is 17.0 Å². The van der Waals surface area contributed by atoms with E-state index in [4.69, 9.17) is 9.15 Å². The summed E-state index contributed by atoms with van der Waals surface area (Å²) in [7, 11) is 1.47. The minimum atomic E-state index is -0.956. The van der Waals surface area contributed by atoms with Crippen LogP contribution in [0.4, 0.5) is 4.39 Å². The Morgan fingerprint density at radius 3 is 2.59 bits per heavy atom. The Balaban J connectivity index is 1.65. The highest BCUT2D eigenvalue weighted by molar-refractivity contribution is 5.94. The van der Waals surface area contributed by atoms with Crippen LogP contribution in [0, 0.1) is 5.82 Å². The average molecular weight is 369 g/mol. The highest BCUT2D eigenvalue weighted by Gasteiger charge is 2.18. The molecule has 3 aromatic rings. The van der Waals surface area contributed by atoms with Crippen LogP contribution in [0.25, 0.3) is 11.0 Å². The average Bonchev–Trinajstić information content (AvgIpc) is 2.67. The van der Waals surface area contributed by atoms with E-state index < -0.39 is 29.9 Å². The lowest BCUT2D eigenvalue weighted by molar-refractivity contribution is -0.133. The molecule has 138 valence electrons. The molecule has 0 aliphatic carbocycles. The summed E-state index contributed by atoms with van der Waals surface area (Å²) >= 11 is 0. The van der Waals surface area contributed by atoms with Crippen molar-refractivity contribution in [3.63, 3.8) is 0 Å². The number of hydrogen-bond acceptors (Lipinski definition) is 5. The first-order chi connectivity index (χ1) is 13.0. The number of benzene rings is 2. The lowest BCUT2D eigenvalue weighted by atomic mass is 10.2. The molecule has 1 heterocycles. The van der Waals surface area contributed by atoms with Gasteiger partial charge in [0.05, 0.1) is 0 Å². The summed E-state index contributed by atoms with van der Waals surface area (Å²) in [5.41, 5.74) is -0.446. The second kappa shape index (κ2) is 7.82. The van der Waals surface area contributed by atoms with Gasteiger partial charge in [0.15, 0.2) is 6.61 Å². The Kier molecular flexibility index (Phi) is 5.30. The number of hydrogen-bond donors (Lipinski definition) is 0. The van der Waals surface area contributed by atoms with Crippen molar-refractivity contribution in [2.45, 2.75) is 6.54 Å². The minimum absolute atomic E-state index is 0.0289. The molecule has 0 fully saturated rings. The first-order valence-corrected chi connectivity index (χ1v) is 8.13. The Bertz CT molecular complexity index is 1060. The zero-order valence-electron chi connectivity index (χ0n) is 14.5. The molecule has 0 N–H and O–H groups in total. The van der Waals surface area contributed by atoms with Gasteiger partial charge in [-0.1, -0.05) is 36.4 Å². The third kappa shape index (κ3) is 4.20. The maximum absolute atomic E-state index is 13.7. The molecule has 0 aliphatic rings. The van der Waals surface area contributed by atoms with Gasteiger partial charge in [0.25, 0.3) is 5.91 Å². The van der Waals surface area contributed by atoms with E-state index >= 15 is 0 Å². The molecule has 0 saturated carbocycles. The zero-order chi connectivity index (χ0) is 19.4. The molecule has 2 aromatic carbocycles. The van der Waals surface area contributed by atoms with Gasteiger partial charge in [-0.2, -0.15) is 0 Å². The van der Waals surface area contributed by atoms with Crippen LogP contribution in [0.2, 0.25) is 0 Å². The number of ether oxygens (including phenoxy) is 1. The fourth-order valence-electron chi connectivity index (χ4n) is 2.49.